The van der Waals surface area contributed by atoms with Crippen LogP contribution in [-0.2, 0) is 0 Å². The van der Waals surface area contributed by atoms with Gasteiger partial charge in [-0.15, -0.1) is 5.10 Å². The van der Waals surface area contributed by atoms with E-state index in [2.05, 4.69) is 38.8 Å². The molecule has 3 rings (SSSR count). The van der Waals surface area contributed by atoms with Crippen LogP contribution < -0.4 is 20.1 Å². The largest absolute Gasteiger partial charge is 0.495 e. The van der Waals surface area contributed by atoms with Crippen molar-refractivity contribution in [3.05, 3.63) is 52.7 Å². The molecule has 0 fully saturated rings. The van der Waals surface area contributed by atoms with Crippen molar-refractivity contribution >= 4 is 34.7 Å². The Labute approximate surface area is 162 Å². The van der Waals surface area contributed by atoms with Crippen LogP contribution in [-0.4, -0.2) is 29.4 Å². The Morgan fingerprint density at radius 3 is 2.41 bits per heavy atom. The van der Waals surface area contributed by atoms with Gasteiger partial charge in [-0.25, -0.2) is 0 Å². The van der Waals surface area contributed by atoms with E-state index in [1.165, 1.54) is 5.56 Å². The number of nitrogens with one attached hydrogen (secondary N) is 2. The number of anilines is 4. The molecular weight excluding hydrogens is 366 g/mol. The Hall–Kier alpha value is -3.06. The Kier molecular flexibility index (Phi) is 5.61. The molecule has 1 heterocycles. The van der Waals surface area contributed by atoms with Crippen molar-refractivity contribution in [2.24, 2.45) is 0 Å². The lowest BCUT2D eigenvalue weighted by Crippen LogP contribution is -2.04. The highest BCUT2D eigenvalue weighted by molar-refractivity contribution is 6.32. The van der Waals surface area contributed by atoms with Gasteiger partial charge in [-0.3, -0.25) is 0 Å². The van der Waals surface area contributed by atoms with Crippen LogP contribution in [0.4, 0.5) is 23.1 Å². The summed E-state index contributed by atoms with van der Waals surface area (Å²) in [5, 5.41) is 14.8. The first kappa shape index (κ1) is 18.7. The molecule has 0 saturated carbocycles. The first-order valence-electron chi connectivity index (χ1n) is 8.22. The SMILES string of the molecule is COc1cc(Nc2nncc(Nc3ccc(C)cc3C)n2)c(OC)cc1Cl. The van der Waals surface area contributed by atoms with Crippen LogP contribution in [0, 0.1) is 13.8 Å². The summed E-state index contributed by atoms with van der Waals surface area (Å²) < 4.78 is 10.6. The van der Waals surface area contributed by atoms with E-state index in [1.807, 2.05) is 19.1 Å². The fraction of sp³-hybridized carbons (Fsp3) is 0.211. The van der Waals surface area contributed by atoms with Crippen LogP contribution in [0.25, 0.3) is 0 Å². The standard InChI is InChI=1S/C19H20ClN5O2/c1-11-5-6-14(12(2)7-11)22-18-10-21-25-19(24-18)23-15-9-16(26-3)13(20)8-17(15)27-4/h5-10H,1-4H3,(H2,22,23,24,25). The number of nitrogens with zero attached hydrogens (tertiary/aromatic N) is 3. The second kappa shape index (κ2) is 8.09. The smallest absolute Gasteiger partial charge is 0.249 e. The topological polar surface area (TPSA) is 81.2 Å². The van der Waals surface area contributed by atoms with Crippen LogP contribution in [0.15, 0.2) is 36.5 Å². The van der Waals surface area contributed by atoms with Crippen molar-refractivity contribution in [1.29, 1.82) is 0 Å². The second-order valence-corrected chi connectivity index (χ2v) is 6.33. The predicted octanol–water partition coefficient (Wildman–Crippen LogP) is 4.65. The highest BCUT2D eigenvalue weighted by Gasteiger charge is 2.12. The highest BCUT2D eigenvalue weighted by Crippen LogP contribution is 2.36. The quantitative estimate of drug-likeness (QED) is 0.639. The first-order valence-corrected chi connectivity index (χ1v) is 8.60. The molecule has 0 atom stereocenters. The summed E-state index contributed by atoms with van der Waals surface area (Å²) in [6.07, 6.45) is 1.56. The van der Waals surface area contributed by atoms with Gasteiger partial charge in [-0.1, -0.05) is 29.3 Å². The van der Waals surface area contributed by atoms with E-state index in [1.54, 1.807) is 32.5 Å². The van der Waals surface area contributed by atoms with Crippen molar-refractivity contribution in [3.63, 3.8) is 0 Å². The lowest BCUT2D eigenvalue weighted by atomic mass is 10.1. The van der Waals surface area contributed by atoms with Crippen LogP contribution in [0.5, 0.6) is 11.5 Å². The summed E-state index contributed by atoms with van der Waals surface area (Å²) in [6.45, 7) is 4.09. The van der Waals surface area contributed by atoms with Crippen molar-refractivity contribution < 1.29 is 9.47 Å². The molecule has 8 heteroatoms. The fourth-order valence-corrected chi connectivity index (χ4v) is 2.82. The molecule has 0 aliphatic heterocycles. The lowest BCUT2D eigenvalue weighted by molar-refractivity contribution is 0.405. The zero-order chi connectivity index (χ0) is 19.4. The van der Waals surface area contributed by atoms with Crippen molar-refractivity contribution in [2.45, 2.75) is 13.8 Å². The number of rotatable bonds is 6. The third-order valence-corrected chi connectivity index (χ3v) is 4.22. The molecule has 0 amide bonds. The molecule has 1 aromatic heterocycles. The summed E-state index contributed by atoms with van der Waals surface area (Å²) >= 11 is 6.14. The normalized spacial score (nSPS) is 10.4. The molecule has 3 aromatic rings. The van der Waals surface area contributed by atoms with Gasteiger partial charge in [-0.05, 0) is 25.5 Å². The Bertz CT molecular complexity index is 965. The number of benzene rings is 2. The zero-order valence-electron chi connectivity index (χ0n) is 15.5. The fourth-order valence-electron chi connectivity index (χ4n) is 2.59. The minimum atomic E-state index is 0.312. The van der Waals surface area contributed by atoms with E-state index in [0.717, 1.165) is 11.3 Å². The summed E-state index contributed by atoms with van der Waals surface area (Å²) in [5.74, 6) is 1.93. The van der Waals surface area contributed by atoms with Crippen LogP contribution >= 0.6 is 11.6 Å². The van der Waals surface area contributed by atoms with Crippen LogP contribution in [0.2, 0.25) is 5.02 Å². The van der Waals surface area contributed by atoms with Crippen LogP contribution in [0.3, 0.4) is 0 Å². The maximum atomic E-state index is 6.14. The second-order valence-electron chi connectivity index (χ2n) is 5.92. The van der Waals surface area contributed by atoms with E-state index in [0.29, 0.717) is 34.0 Å². The summed E-state index contributed by atoms with van der Waals surface area (Å²) in [7, 11) is 3.10. The highest BCUT2D eigenvalue weighted by atomic mass is 35.5. The zero-order valence-corrected chi connectivity index (χ0v) is 16.3. The third-order valence-electron chi connectivity index (χ3n) is 3.92. The Morgan fingerprint density at radius 1 is 0.926 bits per heavy atom. The lowest BCUT2D eigenvalue weighted by Gasteiger charge is -2.13. The van der Waals surface area contributed by atoms with E-state index in [4.69, 9.17) is 21.1 Å². The summed E-state index contributed by atoms with van der Waals surface area (Å²) in [5.41, 5.74) is 3.89. The average Bonchev–Trinajstić information content (AvgIpc) is 2.65. The molecule has 27 heavy (non-hydrogen) atoms. The Morgan fingerprint density at radius 2 is 1.70 bits per heavy atom. The van der Waals surface area contributed by atoms with Gasteiger partial charge in [0.05, 0.1) is 31.1 Å². The van der Waals surface area contributed by atoms with Crippen molar-refractivity contribution in [1.82, 2.24) is 15.2 Å². The molecule has 0 bridgehead atoms. The van der Waals surface area contributed by atoms with Gasteiger partial charge in [0.25, 0.3) is 0 Å². The Balaban J connectivity index is 1.86. The van der Waals surface area contributed by atoms with Crippen molar-refractivity contribution in [2.75, 3.05) is 24.9 Å². The number of aryl methyl sites for hydroxylation is 2. The molecule has 0 saturated heterocycles. The number of ether oxygens (including phenoxy) is 2. The number of aromatic nitrogens is 3. The molecule has 0 spiro atoms. The third kappa shape index (κ3) is 4.38. The minimum absolute atomic E-state index is 0.312. The van der Waals surface area contributed by atoms with Gasteiger partial charge < -0.3 is 20.1 Å². The molecule has 0 aliphatic rings. The van der Waals surface area contributed by atoms with Gasteiger partial charge in [0.1, 0.15) is 11.5 Å². The number of hydrogen-bond donors (Lipinski definition) is 2. The molecule has 0 aliphatic carbocycles. The molecule has 140 valence electrons. The number of halogens is 1. The van der Waals surface area contributed by atoms with Gasteiger partial charge >= 0.3 is 0 Å². The molecular formula is C19H20ClN5O2. The van der Waals surface area contributed by atoms with E-state index < -0.39 is 0 Å². The first-order chi connectivity index (χ1) is 13.0. The van der Waals surface area contributed by atoms with E-state index in [-0.39, 0.29) is 0 Å². The number of hydrogen-bond acceptors (Lipinski definition) is 7. The van der Waals surface area contributed by atoms with E-state index >= 15 is 0 Å². The molecule has 7 nitrogen and oxygen atoms in total. The van der Waals surface area contributed by atoms with Crippen LogP contribution in [0.1, 0.15) is 11.1 Å². The molecule has 0 unspecified atom stereocenters. The summed E-state index contributed by atoms with van der Waals surface area (Å²) in [6, 6.07) is 9.52. The maximum Gasteiger partial charge on any atom is 0.249 e. The predicted molar refractivity (Wildman–Crippen MR) is 107 cm³/mol. The maximum absolute atomic E-state index is 6.14. The van der Waals surface area contributed by atoms with Gasteiger partial charge in [-0.2, -0.15) is 10.1 Å². The van der Waals surface area contributed by atoms with Gasteiger partial charge in [0.2, 0.25) is 5.95 Å². The van der Waals surface area contributed by atoms with Gasteiger partial charge in [0.15, 0.2) is 5.82 Å². The van der Waals surface area contributed by atoms with Crippen molar-refractivity contribution in [3.8, 4) is 11.5 Å². The summed E-state index contributed by atoms with van der Waals surface area (Å²) in [4.78, 5) is 4.45. The minimum Gasteiger partial charge on any atom is -0.495 e. The monoisotopic (exact) mass is 385 g/mol. The van der Waals surface area contributed by atoms with Gasteiger partial charge in [0, 0.05) is 17.8 Å². The average molecular weight is 386 g/mol. The molecule has 2 aromatic carbocycles. The van der Waals surface area contributed by atoms with E-state index in [9.17, 15) is 0 Å². The molecule has 0 radical (unpaired) electrons. The molecule has 2 N–H and O–H groups in total. The number of methoxy groups -OCH3 is 2.